The highest BCUT2D eigenvalue weighted by Crippen LogP contribution is 2.56. The Kier molecular flexibility index (Phi) is 5.00. The van der Waals surface area contributed by atoms with Gasteiger partial charge in [0.25, 0.3) is 0 Å². The van der Waals surface area contributed by atoms with Gasteiger partial charge in [0.2, 0.25) is 0 Å². The minimum Gasteiger partial charge on any atom is -0.496 e. The predicted molar refractivity (Wildman–Crippen MR) is 111 cm³/mol. The number of ether oxygens (including phenoxy) is 1. The highest BCUT2D eigenvalue weighted by Gasteiger charge is 2.48. The summed E-state index contributed by atoms with van der Waals surface area (Å²) < 4.78 is 5.71. The molecule has 1 fully saturated rings. The van der Waals surface area contributed by atoms with E-state index in [1.54, 1.807) is 18.9 Å². The molecule has 4 rings (SSSR count). The second-order valence-electron chi connectivity index (χ2n) is 8.19. The summed E-state index contributed by atoms with van der Waals surface area (Å²) in [7, 11) is 3.86. The minimum atomic E-state index is -1.00. The molecule has 1 unspecified atom stereocenters. The average Bonchev–Trinajstić information content (AvgIpc) is 2.67. The molecule has 1 N–H and O–H groups in total. The molecule has 0 radical (unpaired) electrons. The third-order valence-corrected chi connectivity index (χ3v) is 7.32. The largest absolute Gasteiger partial charge is 0.496 e. The van der Waals surface area contributed by atoms with Gasteiger partial charge < -0.3 is 14.7 Å². The van der Waals surface area contributed by atoms with Gasteiger partial charge in [-0.25, -0.2) is 0 Å². The molecule has 1 saturated heterocycles. The van der Waals surface area contributed by atoms with E-state index in [2.05, 4.69) is 50.1 Å². The Labute approximate surface area is 166 Å². The molecule has 4 heteroatoms. The second kappa shape index (κ2) is 7.16. The molecule has 2 aromatic carbocycles. The molecule has 0 saturated carbocycles. The van der Waals surface area contributed by atoms with Crippen LogP contribution in [-0.4, -0.2) is 37.3 Å². The predicted octanol–water partition coefficient (Wildman–Crippen LogP) is 4.86. The van der Waals surface area contributed by atoms with Crippen LogP contribution >= 0.6 is 11.8 Å². The molecule has 0 amide bonds. The molecule has 0 bridgehead atoms. The van der Waals surface area contributed by atoms with Crippen molar-refractivity contribution in [2.45, 2.75) is 48.0 Å². The smallest absolute Gasteiger partial charge is 0.126 e. The first-order valence-corrected chi connectivity index (χ1v) is 10.7. The van der Waals surface area contributed by atoms with Crippen LogP contribution in [0.15, 0.2) is 46.2 Å². The van der Waals surface area contributed by atoms with Crippen molar-refractivity contribution in [3.63, 3.8) is 0 Å². The fraction of sp³-hybridized carbons (Fsp3) is 0.478. The number of benzene rings is 2. The highest BCUT2D eigenvalue weighted by molar-refractivity contribution is 7.99. The zero-order chi connectivity index (χ0) is 19.2. The zero-order valence-corrected chi connectivity index (χ0v) is 17.5. The van der Waals surface area contributed by atoms with Crippen molar-refractivity contribution in [2.24, 2.45) is 5.92 Å². The van der Waals surface area contributed by atoms with Crippen molar-refractivity contribution >= 4 is 11.8 Å². The number of hydrogen-bond acceptors (Lipinski definition) is 4. The van der Waals surface area contributed by atoms with Crippen molar-refractivity contribution in [1.29, 1.82) is 0 Å². The fourth-order valence-electron chi connectivity index (χ4n) is 4.54. The van der Waals surface area contributed by atoms with E-state index in [1.807, 2.05) is 12.1 Å². The lowest BCUT2D eigenvalue weighted by molar-refractivity contribution is -0.0176. The van der Waals surface area contributed by atoms with Crippen molar-refractivity contribution in [3.8, 4) is 5.75 Å². The number of aliphatic hydroxyl groups is 1. The van der Waals surface area contributed by atoms with Crippen LogP contribution in [0.2, 0.25) is 0 Å². The average molecular weight is 384 g/mol. The van der Waals surface area contributed by atoms with Gasteiger partial charge in [-0.15, -0.1) is 0 Å². The SMILES string of the molecule is COc1cccc2c1C(O)(C1CCN(C)CC1)c1ccc(C(C)C)cc1S2. The summed E-state index contributed by atoms with van der Waals surface area (Å²) >= 11 is 1.76. The Balaban J connectivity index is 1.91. The Morgan fingerprint density at radius 2 is 1.89 bits per heavy atom. The van der Waals surface area contributed by atoms with Gasteiger partial charge in [-0.2, -0.15) is 0 Å². The maximum absolute atomic E-state index is 12.3. The molecule has 3 nitrogen and oxygen atoms in total. The van der Waals surface area contributed by atoms with E-state index in [1.165, 1.54) is 10.5 Å². The van der Waals surface area contributed by atoms with Crippen molar-refractivity contribution in [3.05, 3.63) is 53.1 Å². The van der Waals surface area contributed by atoms with Crippen LogP contribution in [0.25, 0.3) is 0 Å². The summed E-state index contributed by atoms with van der Waals surface area (Å²) in [4.78, 5) is 4.65. The van der Waals surface area contributed by atoms with Crippen LogP contribution in [0.3, 0.4) is 0 Å². The first kappa shape index (κ1) is 18.9. The molecule has 0 aromatic heterocycles. The molecule has 2 heterocycles. The number of rotatable bonds is 3. The topological polar surface area (TPSA) is 32.7 Å². The summed E-state index contributed by atoms with van der Waals surface area (Å²) in [6, 6.07) is 12.7. The lowest BCUT2D eigenvalue weighted by Crippen LogP contribution is -2.44. The third kappa shape index (κ3) is 3.08. The molecule has 0 aliphatic carbocycles. The zero-order valence-electron chi connectivity index (χ0n) is 16.7. The molecular weight excluding hydrogens is 354 g/mol. The number of likely N-dealkylation sites (tertiary alicyclic amines) is 1. The van der Waals surface area contributed by atoms with Gasteiger partial charge in [0, 0.05) is 20.9 Å². The maximum atomic E-state index is 12.3. The van der Waals surface area contributed by atoms with Gasteiger partial charge in [-0.3, -0.25) is 0 Å². The van der Waals surface area contributed by atoms with Gasteiger partial charge >= 0.3 is 0 Å². The number of nitrogens with zero attached hydrogens (tertiary/aromatic N) is 1. The summed E-state index contributed by atoms with van der Waals surface area (Å²) in [6.07, 6.45) is 1.97. The van der Waals surface area contributed by atoms with Gasteiger partial charge in [-0.05, 0) is 68.6 Å². The van der Waals surface area contributed by atoms with E-state index in [0.29, 0.717) is 5.92 Å². The van der Waals surface area contributed by atoms with Crippen LogP contribution in [0.5, 0.6) is 5.75 Å². The molecule has 144 valence electrons. The van der Waals surface area contributed by atoms with Crippen molar-refractivity contribution < 1.29 is 9.84 Å². The molecule has 1 atom stereocenters. The summed E-state index contributed by atoms with van der Waals surface area (Å²) in [5, 5.41) is 12.3. The Morgan fingerprint density at radius 3 is 2.56 bits per heavy atom. The Morgan fingerprint density at radius 1 is 1.15 bits per heavy atom. The van der Waals surface area contributed by atoms with Gasteiger partial charge in [-0.1, -0.05) is 43.8 Å². The molecular formula is C23H29NO2S. The van der Waals surface area contributed by atoms with Crippen LogP contribution in [0, 0.1) is 5.92 Å². The molecule has 27 heavy (non-hydrogen) atoms. The van der Waals surface area contributed by atoms with E-state index in [-0.39, 0.29) is 5.92 Å². The van der Waals surface area contributed by atoms with Gasteiger partial charge in [0.1, 0.15) is 11.4 Å². The van der Waals surface area contributed by atoms with Crippen molar-refractivity contribution in [2.75, 3.05) is 27.2 Å². The minimum absolute atomic E-state index is 0.188. The van der Waals surface area contributed by atoms with E-state index in [9.17, 15) is 5.11 Å². The van der Waals surface area contributed by atoms with Crippen LogP contribution in [-0.2, 0) is 5.60 Å². The lowest BCUT2D eigenvalue weighted by atomic mass is 9.71. The number of methoxy groups -OCH3 is 1. The Bertz CT molecular complexity index is 842. The molecule has 0 spiro atoms. The van der Waals surface area contributed by atoms with Crippen LogP contribution in [0.4, 0.5) is 0 Å². The van der Waals surface area contributed by atoms with Crippen molar-refractivity contribution in [1.82, 2.24) is 4.90 Å². The molecule has 2 aliphatic heterocycles. The van der Waals surface area contributed by atoms with Gasteiger partial charge in [0.05, 0.1) is 7.11 Å². The first-order valence-electron chi connectivity index (χ1n) is 9.85. The summed E-state index contributed by atoms with van der Waals surface area (Å²) in [5.74, 6) is 1.45. The van der Waals surface area contributed by atoms with Crippen LogP contribution in [0.1, 0.15) is 49.3 Å². The number of hydrogen-bond donors (Lipinski definition) is 1. The highest BCUT2D eigenvalue weighted by atomic mass is 32.2. The number of piperidine rings is 1. The lowest BCUT2D eigenvalue weighted by Gasteiger charge is -2.45. The normalized spacial score (nSPS) is 23.2. The van der Waals surface area contributed by atoms with E-state index in [4.69, 9.17) is 4.74 Å². The number of fused-ring (bicyclic) bond motifs is 2. The van der Waals surface area contributed by atoms with E-state index in [0.717, 1.165) is 47.7 Å². The van der Waals surface area contributed by atoms with Gasteiger partial charge in [0.15, 0.2) is 0 Å². The summed E-state index contributed by atoms with van der Waals surface area (Å²) in [6.45, 7) is 6.47. The van der Waals surface area contributed by atoms with E-state index >= 15 is 0 Å². The molecule has 2 aliphatic rings. The summed E-state index contributed by atoms with van der Waals surface area (Å²) in [5.41, 5.74) is 2.32. The Hall–Kier alpha value is -1.49. The molecule has 2 aromatic rings. The van der Waals surface area contributed by atoms with E-state index < -0.39 is 5.60 Å². The maximum Gasteiger partial charge on any atom is 0.126 e. The monoisotopic (exact) mass is 383 g/mol. The second-order valence-corrected chi connectivity index (χ2v) is 9.27. The quantitative estimate of drug-likeness (QED) is 0.820. The third-order valence-electron chi connectivity index (χ3n) is 6.20. The van der Waals surface area contributed by atoms with Crippen LogP contribution < -0.4 is 4.74 Å². The first-order chi connectivity index (χ1) is 12.9. The standard InChI is InChI=1S/C23H29NO2S/c1-15(2)16-8-9-18-21(14-16)27-20-7-5-6-19(26-4)22(20)23(18,25)17-10-12-24(3)13-11-17/h5-9,14-15,17,25H,10-13H2,1-4H3. The fourth-order valence-corrected chi connectivity index (χ4v) is 5.81.